The Morgan fingerprint density at radius 2 is 1.59 bits per heavy atom. The number of hydrogen-bond donors (Lipinski definition) is 3. The summed E-state index contributed by atoms with van der Waals surface area (Å²) in [6.45, 7) is 1.92. The smallest absolute Gasteiger partial charge is 0.305 e. The van der Waals surface area contributed by atoms with Crippen molar-refractivity contribution in [2.24, 2.45) is 0 Å². The Kier molecular flexibility index (Phi) is 9.46. The van der Waals surface area contributed by atoms with Gasteiger partial charge in [0.15, 0.2) is 0 Å². The number of carbonyl (C=O) groups excluding carboxylic acids is 3. The fraction of sp³-hybridized carbons (Fsp3) is 0.188. The number of aliphatic carboxylic acids is 1. The van der Waals surface area contributed by atoms with Gasteiger partial charge in [0.25, 0.3) is 17.7 Å². The van der Waals surface area contributed by atoms with Gasteiger partial charge in [-0.25, -0.2) is 4.98 Å². The van der Waals surface area contributed by atoms with Gasteiger partial charge in [0, 0.05) is 55.9 Å². The lowest BCUT2D eigenvalue weighted by Crippen LogP contribution is -2.49. The molecule has 5 rings (SSSR count). The van der Waals surface area contributed by atoms with E-state index in [1.165, 1.54) is 18.5 Å². The van der Waals surface area contributed by atoms with Gasteiger partial charge >= 0.3 is 5.97 Å². The second-order valence-electron chi connectivity index (χ2n) is 10.1. The van der Waals surface area contributed by atoms with Gasteiger partial charge in [-0.05, 0) is 54.1 Å². The molecule has 0 spiro atoms. The summed E-state index contributed by atoms with van der Waals surface area (Å²) in [5.41, 5.74) is 2.69. The normalized spacial score (nSPS) is 13.6. The van der Waals surface area contributed by atoms with E-state index in [0.717, 1.165) is 0 Å². The van der Waals surface area contributed by atoms with E-state index in [0.29, 0.717) is 48.7 Å². The van der Waals surface area contributed by atoms with Crippen LogP contribution in [0.3, 0.4) is 0 Å². The van der Waals surface area contributed by atoms with Crippen molar-refractivity contribution in [1.82, 2.24) is 20.2 Å². The van der Waals surface area contributed by atoms with E-state index < -0.39 is 23.8 Å². The molecule has 3 N–H and O–H groups in total. The number of amides is 3. The van der Waals surface area contributed by atoms with Crippen molar-refractivity contribution in [3.63, 3.8) is 0 Å². The van der Waals surface area contributed by atoms with Crippen LogP contribution in [-0.2, 0) is 4.79 Å². The minimum atomic E-state index is -1.08. The zero-order valence-corrected chi connectivity index (χ0v) is 24.3. The summed E-state index contributed by atoms with van der Waals surface area (Å²) in [6.07, 6.45) is 4.08. The average Bonchev–Trinajstić information content (AvgIpc) is 3.05. The number of hydrogen-bond acceptors (Lipinski definition) is 7. The van der Waals surface area contributed by atoms with E-state index >= 15 is 0 Å². The van der Waals surface area contributed by atoms with Gasteiger partial charge in [-0.2, -0.15) is 0 Å². The number of nitrogens with one attached hydrogen (secondary N) is 2. The topological polar surface area (TPSA) is 145 Å². The Bertz CT molecular complexity index is 1650. The fourth-order valence-corrected chi connectivity index (χ4v) is 5.03. The SMILES string of the molecule is O=C(O)CC(NC(=O)c1ccc(N2CCN(C(=O)c3ccccc3)CC2)c(NC(=O)c2ccc(Cl)nc2)c1)c1cccnc1. The molecule has 2 aromatic heterocycles. The van der Waals surface area contributed by atoms with Gasteiger partial charge in [0.05, 0.1) is 29.4 Å². The summed E-state index contributed by atoms with van der Waals surface area (Å²) >= 11 is 5.89. The molecule has 4 aromatic rings. The number of rotatable bonds is 9. The zero-order valence-electron chi connectivity index (χ0n) is 23.5. The van der Waals surface area contributed by atoms with Gasteiger partial charge in [0.2, 0.25) is 0 Å². The Morgan fingerprint density at radius 1 is 0.841 bits per heavy atom. The number of carboxylic acid groups (broad SMARTS) is 1. The third-order valence-corrected chi connectivity index (χ3v) is 7.42. The largest absolute Gasteiger partial charge is 0.481 e. The number of piperazine rings is 1. The van der Waals surface area contributed by atoms with Gasteiger partial charge in [-0.15, -0.1) is 0 Å². The van der Waals surface area contributed by atoms with Crippen molar-refractivity contribution in [1.29, 1.82) is 0 Å². The van der Waals surface area contributed by atoms with Crippen LogP contribution >= 0.6 is 11.6 Å². The minimum absolute atomic E-state index is 0.0504. The lowest BCUT2D eigenvalue weighted by Gasteiger charge is -2.37. The third-order valence-electron chi connectivity index (χ3n) is 7.20. The van der Waals surface area contributed by atoms with Gasteiger partial charge in [-0.3, -0.25) is 24.2 Å². The average molecular weight is 613 g/mol. The van der Waals surface area contributed by atoms with Crippen molar-refractivity contribution in [2.75, 3.05) is 36.4 Å². The van der Waals surface area contributed by atoms with Crippen molar-refractivity contribution >= 4 is 46.7 Å². The quantitative estimate of drug-likeness (QED) is 0.237. The Balaban J connectivity index is 1.39. The van der Waals surface area contributed by atoms with Crippen molar-refractivity contribution in [2.45, 2.75) is 12.5 Å². The maximum Gasteiger partial charge on any atom is 0.305 e. The van der Waals surface area contributed by atoms with Crippen LogP contribution in [0.15, 0.2) is 91.4 Å². The molecule has 0 bridgehead atoms. The maximum absolute atomic E-state index is 13.4. The first-order valence-corrected chi connectivity index (χ1v) is 14.2. The molecule has 0 radical (unpaired) electrons. The van der Waals surface area contributed by atoms with Crippen LogP contribution < -0.4 is 15.5 Å². The maximum atomic E-state index is 13.4. The van der Waals surface area contributed by atoms with Gasteiger partial charge < -0.3 is 25.5 Å². The second kappa shape index (κ2) is 13.8. The van der Waals surface area contributed by atoms with Crippen LogP contribution in [0.25, 0.3) is 0 Å². The monoisotopic (exact) mass is 612 g/mol. The van der Waals surface area contributed by atoms with Gasteiger partial charge in [0.1, 0.15) is 5.15 Å². The number of carboxylic acids is 1. The lowest BCUT2D eigenvalue weighted by atomic mass is 10.0. The molecule has 44 heavy (non-hydrogen) atoms. The molecule has 1 unspecified atom stereocenters. The number of anilines is 2. The highest BCUT2D eigenvalue weighted by Crippen LogP contribution is 2.30. The van der Waals surface area contributed by atoms with E-state index in [1.54, 1.807) is 59.6 Å². The van der Waals surface area contributed by atoms with Gasteiger partial charge in [-0.1, -0.05) is 35.9 Å². The summed E-state index contributed by atoms with van der Waals surface area (Å²) in [7, 11) is 0. The highest BCUT2D eigenvalue weighted by molar-refractivity contribution is 6.29. The molecule has 2 aromatic carbocycles. The number of halogens is 1. The molecule has 0 aliphatic carbocycles. The minimum Gasteiger partial charge on any atom is -0.481 e. The standard InChI is InChI=1S/C32H29ClN6O5/c33-28-11-9-24(20-35-28)31(43)37-26-17-22(30(42)36-25(18-29(40)41)23-7-4-12-34-19-23)8-10-27(26)38-13-15-39(16-14-38)32(44)21-5-2-1-3-6-21/h1-12,17,19-20,25H,13-16,18H2,(H,36,42)(H,37,43)(H,40,41). The summed E-state index contributed by atoms with van der Waals surface area (Å²) < 4.78 is 0. The molecule has 1 atom stereocenters. The number of benzene rings is 2. The molecule has 1 aliphatic rings. The van der Waals surface area contributed by atoms with Crippen LogP contribution in [0.4, 0.5) is 11.4 Å². The highest BCUT2D eigenvalue weighted by Gasteiger charge is 2.26. The van der Waals surface area contributed by atoms with Crippen LogP contribution in [0.5, 0.6) is 0 Å². The number of nitrogens with zero attached hydrogens (tertiary/aromatic N) is 4. The third kappa shape index (κ3) is 7.37. The highest BCUT2D eigenvalue weighted by atomic mass is 35.5. The Labute approximate surface area is 258 Å². The lowest BCUT2D eigenvalue weighted by molar-refractivity contribution is -0.137. The summed E-state index contributed by atoms with van der Waals surface area (Å²) in [5.74, 6) is -2.10. The molecule has 3 amide bonds. The zero-order chi connectivity index (χ0) is 31.1. The number of pyridine rings is 2. The van der Waals surface area contributed by atoms with Crippen LogP contribution in [0.1, 0.15) is 49.1 Å². The molecule has 3 heterocycles. The van der Waals surface area contributed by atoms with E-state index in [1.807, 2.05) is 23.1 Å². The molecule has 224 valence electrons. The molecule has 1 fully saturated rings. The van der Waals surface area contributed by atoms with Crippen LogP contribution in [-0.4, -0.2) is 69.8 Å². The number of carbonyl (C=O) groups is 4. The predicted octanol–water partition coefficient (Wildman–Crippen LogP) is 4.29. The number of aromatic nitrogens is 2. The van der Waals surface area contributed by atoms with Crippen molar-refractivity contribution < 1.29 is 24.3 Å². The molecule has 11 nitrogen and oxygen atoms in total. The Hall–Kier alpha value is -5.29. The first kappa shape index (κ1) is 30.2. The van der Waals surface area contributed by atoms with Crippen molar-refractivity contribution in [3.8, 4) is 0 Å². The summed E-state index contributed by atoms with van der Waals surface area (Å²) in [6, 6.07) is 19.6. The summed E-state index contributed by atoms with van der Waals surface area (Å²) in [5, 5.41) is 15.3. The van der Waals surface area contributed by atoms with Crippen molar-refractivity contribution in [3.05, 3.63) is 119 Å². The fourth-order valence-electron chi connectivity index (χ4n) is 4.92. The summed E-state index contributed by atoms with van der Waals surface area (Å²) in [4.78, 5) is 62.9. The first-order chi connectivity index (χ1) is 21.3. The van der Waals surface area contributed by atoms with E-state index in [-0.39, 0.29) is 28.6 Å². The molecule has 1 saturated heterocycles. The molecule has 12 heteroatoms. The van der Waals surface area contributed by atoms with E-state index in [9.17, 15) is 24.3 Å². The molecular formula is C32H29ClN6O5. The van der Waals surface area contributed by atoms with E-state index in [2.05, 4.69) is 20.6 Å². The molecule has 0 saturated carbocycles. The van der Waals surface area contributed by atoms with E-state index in [4.69, 9.17) is 11.6 Å². The molecule has 1 aliphatic heterocycles. The second-order valence-corrected chi connectivity index (χ2v) is 10.5. The Morgan fingerprint density at radius 3 is 2.25 bits per heavy atom. The van der Waals surface area contributed by atoms with Crippen LogP contribution in [0.2, 0.25) is 5.15 Å². The first-order valence-electron chi connectivity index (χ1n) is 13.9. The van der Waals surface area contributed by atoms with Crippen LogP contribution in [0, 0.1) is 0 Å². The molecular weight excluding hydrogens is 584 g/mol. The predicted molar refractivity (Wildman–Crippen MR) is 165 cm³/mol.